The smallest absolute Gasteiger partial charge is 0.328 e. The van der Waals surface area contributed by atoms with Gasteiger partial charge >= 0.3 is 12.0 Å². The van der Waals surface area contributed by atoms with Crippen LogP contribution in [-0.4, -0.2) is 40.9 Å². The van der Waals surface area contributed by atoms with Crippen molar-refractivity contribution >= 4 is 12.0 Å². The third-order valence-electron chi connectivity index (χ3n) is 2.23. The van der Waals surface area contributed by atoms with Crippen LogP contribution in [0.2, 0.25) is 0 Å². The minimum Gasteiger partial charge on any atom is -0.480 e. The summed E-state index contributed by atoms with van der Waals surface area (Å²) in [5.74, 6) is -1.24. The highest BCUT2D eigenvalue weighted by Crippen LogP contribution is 2.17. The molecule has 80 valence electrons. The van der Waals surface area contributed by atoms with E-state index in [2.05, 4.69) is 10.6 Å². The fraction of sp³-hybridized carbons (Fsp3) is 0.750. The van der Waals surface area contributed by atoms with Gasteiger partial charge in [-0.3, -0.25) is 0 Å². The Hall–Kier alpha value is -1.30. The van der Waals surface area contributed by atoms with Gasteiger partial charge in [0.1, 0.15) is 0 Å². The molecule has 1 rings (SSSR count). The molecule has 1 aliphatic carbocycles. The number of carboxylic acid groups (broad SMARTS) is 1. The number of hydrogen-bond acceptors (Lipinski definition) is 3. The number of hydrogen-bond donors (Lipinski definition) is 4. The van der Waals surface area contributed by atoms with Crippen LogP contribution >= 0.6 is 0 Å². The van der Waals surface area contributed by atoms with E-state index in [9.17, 15) is 9.59 Å². The summed E-state index contributed by atoms with van der Waals surface area (Å²) in [4.78, 5) is 21.6. The molecule has 6 heteroatoms. The van der Waals surface area contributed by atoms with Crippen molar-refractivity contribution in [3.05, 3.63) is 0 Å². The average Bonchev–Trinajstić information content (AvgIpc) is 2.07. The van der Waals surface area contributed by atoms with Crippen LogP contribution in [0, 0.1) is 0 Å². The first-order valence-electron chi connectivity index (χ1n) is 4.54. The summed E-state index contributed by atoms with van der Waals surface area (Å²) in [5.41, 5.74) is 0. The molecule has 1 fully saturated rings. The molecule has 14 heavy (non-hydrogen) atoms. The van der Waals surface area contributed by atoms with E-state index in [-0.39, 0.29) is 6.04 Å². The van der Waals surface area contributed by atoms with Crippen LogP contribution in [0.15, 0.2) is 0 Å². The van der Waals surface area contributed by atoms with Crippen LogP contribution in [0.1, 0.15) is 19.3 Å². The van der Waals surface area contributed by atoms with Gasteiger partial charge < -0.3 is 20.8 Å². The summed E-state index contributed by atoms with van der Waals surface area (Å²) in [5, 5.41) is 21.9. The highest BCUT2D eigenvalue weighted by molar-refractivity contribution is 5.82. The Morgan fingerprint density at radius 2 is 2.07 bits per heavy atom. The largest absolute Gasteiger partial charge is 0.480 e. The highest BCUT2D eigenvalue weighted by Gasteiger charge is 2.23. The fourth-order valence-electron chi connectivity index (χ4n) is 1.12. The SMILES string of the molecule is O=C(NC1CCC1)NC(CO)C(=O)O. The van der Waals surface area contributed by atoms with Gasteiger partial charge in [0.15, 0.2) is 6.04 Å². The molecule has 6 nitrogen and oxygen atoms in total. The van der Waals surface area contributed by atoms with E-state index in [0.29, 0.717) is 0 Å². The summed E-state index contributed by atoms with van der Waals surface area (Å²) in [6.07, 6.45) is 2.96. The van der Waals surface area contributed by atoms with Crippen molar-refractivity contribution in [3.8, 4) is 0 Å². The van der Waals surface area contributed by atoms with E-state index >= 15 is 0 Å². The summed E-state index contributed by atoms with van der Waals surface area (Å²) in [6.45, 7) is -0.604. The van der Waals surface area contributed by atoms with Gasteiger partial charge in [-0.25, -0.2) is 9.59 Å². The lowest BCUT2D eigenvalue weighted by atomic mass is 9.93. The van der Waals surface area contributed by atoms with Gasteiger partial charge in [0.25, 0.3) is 0 Å². The Morgan fingerprint density at radius 3 is 2.43 bits per heavy atom. The minimum atomic E-state index is -1.24. The Morgan fingerprint density at radius 1 is 1.43 bits per heavy atom. The molecular formula is C8H14N2O4. The van der Waals surface area contributed by atoms with Crippen molar-refractivity contribution in [2.45, 2.75) is 31.3 Å². The molecule has 0 aliphatic heterocycles. The second-order valence-electron chi connectivity index (χ2n) is 3.32. The van der Waals surface area contributed by atoms with Crippen molar-refractivity contribution in [1.29, 1.82) is 0 Å². The van der Waals surface area contributed by atoms with E-state index in [1.54, 1.807) is 0 Å². The number of urea groups is 1. The van der Waals surface area contributed by atoms with Gasteiger partial charge in [0, 0.05) is 6.04 Å². The molecule has 0 heterocycles. The number of aliphatic hydroxyl groups is 1. The first kappa shape index (κ1) is 10.8. The van der Waals surface area contributed by atoms with Gasteiger partial charge in [-0.05, 0) is 19.3 Å². The molecule has 0 aromatic rings. The van der Waals surface area contributed by atoms with E-state index < -0.39 is 24.6 Å². The summed E-state index contributed by atoms with van der Waals surface area (Å²) in [7, 11) is 0. The molecule has 4 N–H and O–H groups in total. The quantitative estimate of drug-likeness (QED) is 0.483. The van der Waals surface area contributed by atoms with Crippen molar-refractivity contribution in [2.75, 3.05) is 6.61 Å². The van der Waals surface area contributed by atoms with Crippen LogP contribution in [-0.2, 0) is 4.79 Å². The molecule has 0 aromatic heterocycles. The molecular weight excluding hydrogens is 188 g/mol. The van der Waals surface area contributed by atoms with Crippen molar-refractivity contribution in [3.63, 3.8) is 0 Å². The second kappa shape index (κ2) is 4.80. The fourth-order valence-corrected chi connectivity index (χ4v) is 1.12. The standard InChI is InChI=1S/C8H14N2O4/c11-4-6(7(12)13)10-8(14)9-5-2-1-3-5/h5-6,11H,1-4H2,(H,12,13)(H2,9,10,14). The molecule has 0 bridgehead atoms. The molecule has 1 atom stereocenters. The molecule has 1 aliphatic rings. The monoisotopic (exact) mass is 202 g/mol. The lowest BCUT2D eigenvalue weighted by molar-refractivity contribution is -0.140. The van der Waals surface area contributed by atoms with E-state index in [4.69, 9.17) is 10.2 Å². The normalized spacial score (nSPS) is 18.1. The summed E-state index contributed by atoms with van der Waals surface area (Å²) in [6, 6.07) is -1.60. The number of carbonyl (C=O) groups is 2. The third kappa shape index (κ3) is 2.88. The van der Waals surface area contributed by atoms with Crippen LogP contribution in [0.4, 0.5) is 4.79 Å². The second-order valence-corrected chi connectivity index (χ2v) is 3.32. The van der Waals surface area contributed by atoms with Crippen molar-refractivity contribution in [2.24, 2.45) is 0 Å². The zero-order valence-corrected chi connectivity index (χ0v) is 7.69. The van der Waals surface area contributed by atoms with Gasteiger partial charge in [0.2, 0.25) is 0 Å². The van der Waals surface area contributed by atoms with Crippen LogP contribution in [0.3, 0.4) is 0 Å². The summed E-state index contributed by atoms with van der Waals surface area (Å²) < 4.78 is 0. The van der Waals surface area contributed by atoms with Gasteiger partial charge in [-0.1, -0.05) is 0 Å². The maximum absolute atomic E-state index is 11.1. The minimum absolute atomic E-state index is 0.156. The van der Waals surface area contributed by atoms with E-state index in [1.165, 1.54) is 0 Å². The zero-order chi connectivity index (χ0) is 10.6. The van der Waals surface area contributed by atoms with Gasteiger partial charge in [-0.2, -0.15) is 0 Å². The Labute approximate surface area is 81.3 Å². The van der Waals surface area contributed by atoms with E-state index in [1.807, 2.05) is 0 Å². The number of aliphatic carboxylic acids is 1. The molecule has 0 radical (unpaired) electrons. The predicted octanol–water partition coefficient (Wildman–Crippen LogP) is -0.716. The molecule has 1 saturated carbocycles. The number of rotatable bonds is 4. The zero-order valence-electron chi connectivity index (χ0n) is 7.69. The van der Waals surface area contributed by atoms with Crippen LogP contribution in [0.5, 0.6) is 0 Å². The molecule has 0 saturated heterocycles. The van der Waals surface area contributed by atoms with Crippen molar-refractivity contribution < 1.29 is 19.8 Å². The third-order valence-corrected chi connectivity index (χ3v) is 2.23. The van der Waals surface area contributed by atoms with Gasteiger partial charge in [0.05, 0.1) is 6.61 Å². The molecule has 1 unspecified atom stereocenters. The molecule has 0 spiro atoms. The lowest BCUT2D eigenvalue weighted by Gasteiger charge is -2.27. The number of aliphatic hydroxyl groups excluding tert-OH is 1. The highest BCUT2D eigenvalue weighted by atomic mass is 16.4. The van der Waals surface area contributed by atoms with E-state index in [0.717, 1.165) is 19.3 Å². The number of carbonyl (C=O) groups excluding carboxylic acids is 1. The Balaban J connectivity index is 2.26. The van der Waals surface area contributed by atoms with Crippen molar-refractivity contribution in [1.82, 2.24) is 10.6 Å². The Kier molecular flexibility index (Phi) is 3.70. The van der Waals surface area contributed by atoms with Gasteiger partial charge in [-0.15, -0.1) is 0 Å². The maximum Gasteiger partial charge on any atom is 0.328 e. The predicted molar refractivity (Wildman–Crippen MR) is 47.8 cm³/mol. The Bertz CT molecular complexity index is 227. The lowest BCUT2D eigenvalue weighted by Crippen LogP contribution is -2.51. The first-order valence-corrected chi connectivity index (χ1v) is 4.54. The van der Waals surface area contributed by atoms with Crippen LogP contribution in [0.25, 0.3) is 0 Å². The number of nitrogens with one attached hydrogen (secondary N) is 2. The summed E-state index contributed by atoms with van der Waals surface area (Å²) >= 11 is 0. The maximum atomic E-state index is 11.1. The number of carboxylic acids is 1. The average molecular weight is 202 g/mol. The number of amides is 2. The first-order chi connectivity index (χ1) is 6.63. The topological polar surface area (TPSA) is 98.7 Å². The molecule has 2 amide bonds. The van der Waals surface area contributed by atoms with Crippen LogP contribution < -0.4 is 10.6 Å². The molecule has 0 aromatic carbocycles.